The number of thiocarbonyl (C=S) groups is 1. The van der Waals surface area contributed by atoms with E-state index in [0.29, 0.717) is 37.3 Å². The van der Waals surface area contributed by atoms with Crippen LogP contribution in [0.1, 0.15) is 16.7 Å². The predicted molar refractivity (Wildman–Crippen MR) is 157 cm³/mol. The number of carbonyl (C=O) groups excluding carboxylic acids is 2. The summed E-state index contributed by atoms with van der Waals surface area (Å²) in [6.45, 7) is -0.0424. The number of nitriles is 1. The lowest BCUT2D eigenvalue weighted by atomic mass is 10.1. The van der Waals surface area contributed by atoms with Gasteiger partial charge in [0.1, 0.15) is 30.3 Å². The number of carbonyl (C=O) groups is 2. The lowest BCUT2D eigenvalue weighted by molar-refractivity contribution is -0.140. The standard InChI is InChI=1S/C28H21Br2N3O5S/c1-36-21-9-7-20(8-10-21)33-27(35)24(32(28(33)39)15-25(34)37-2)13-17-11-22(29)26(23(30)12-17)38-16-19-6-4-3-5-18(19)14-31/h3-13H,15-16H2,1-2H3/b24-13-. The van der Waals surface area contributed by atoms with Crippen molar-refractivity contribution in [3.63, 3.8) is 0 Å². The van der Waals surface area contributed by atoms with Crippen LogP contribution in [0.5, 0.6) is 11.5 Å². The number of rotatable bonds is 8. The Morgan fingerprint density at radius 1 is 1.08 bits per heavy atom. The summed E-state index contributed by atoms with van der Waals surface area (Å²) in [5.41, 5.74) is 2.68. The summed E-state index contributed by atoms with van der Waals surface area (Å²) in [5, 5.41) is 9.48. The zero-order valence-corrected chi connectivity index (χ0v) is 24.8. The minimum atomic E-state index is -0.545. The first-order valence-corrected chi connectivity index (χ1v) is 13.4. The monoisotopic (exact) mass is 669 g/mol. The number of esters is 1. The van der Waals surface area contributed by atoms with Crippen molar-refractivity contribution in [2.45, 2.75) is 6.61 Å². The Hall–Kier alpha value is -3.72. The molecule has 8 nitrogen and oxygen atoms in total. The lowest BCUT2D eigenvalue weighted by Gasteiger charge is -2.19. The molecule has 0 atom stereocenters. The Morgan fingerprint density at radius 2 is 1.74 bits per heavy atom. The number of hydrogen-bond acceptors (Lipinski definition) is 7. The third kappa shape index (κ3) is 6.14. The second-order valence-corrected chi connectivity index (χ2v) is 10.3. The SMILES string of the molecule is COC(=O)CN1C(=S)N(c2ccc(OC)cc2)C(=O)/C1=C/c1cc(Br)c(OCc2ccccc2C#N)c(Br)c1. The molecule has 0 saturated carbocycles. The molecule has 39 heavy (non-hydrogen) atoms. The van der Waals surface area contributed by atoms with Crippen LogP contribution in [0.2, 0.25) is 0 Å². The van der Waals surface area contributed by atoms with Crippen LogP contribution in [-0.2, 0) is 20.9 Å². The molecule has 1 fully saturated rings. The molecular formula is C28H21Br2N3O5S. The molecule has 3 aromatic carbocycles. The Balaban J connectivity index is 1.66. The summed E-state index contributed by atoms with van der Waals surface area (Å²) in [5.74, 6) is 0.224. The van der Waals surface area contributed by atoms with Crippen LogP contribution < -0.4 is 14.4 Å². The highest BCUT2D eigenvalue weighted by atomic mass is 79.9. The highest BCUT2D eigenvalue weighted by Crippen LogP contribution is 2.37. The maximum atomic E-state index is 13.6. The number of anilines is 1. The number of amides is 1. The van der Waals surface area contributed by atoms with Gasteiger partial charge in [-0.1, -0.05) is 18.2 Å². The molecule has 1 aliphatic heterocycles. The first-order valence-electron chi connectivity index (χ1n) is 11.5. The van der Waals surface area contributed by atoms with Gasteiger partial charge in [0.05, 0.1) is 40.5 Å². The van der Waals surface area contributed by atoms with E-state index in [1.807, 2.05) is 12.1 Å². The number of benzene rings is 3. The van der Waals surface area contributed by atoms with E-state index in [2.05, 4.69) is 37.9 Å². The normalized spacial score (nSPS) is 14.0. The average Bonchev–Trinajstić information content (AvgIpc) is 3.16. The molecule has 0 unspecified atom stereocenters. The zero-order chi connectivity index (χ0) is 28.1. The molecule has 0 radical (unpaired) electrons. The van der Waals surface area contributed by atoms with Crippen molar-refractivity contribution in [2.75, 3.05) is 25.7 Å². The second-order valence-electron chi connectivity index (χ2n) is 8.18. The number of ether oxygens (including phenoxy) is 3. The van der Waals surface area contributed by atoms with Crippen molar-refractivity contribution < 1.29 is 23.8 Å². The van der Waals surface area contributed by atoms with Gasteiger partial charge in [-0.25, -0.2) is 0 Å². The van der Waals surface area contributed by atoms with E-state index in [0.717, 1.165) is 5.56 Å². The van der Waals surface area contributed by atoms with Crippen molar-refractivity contribution >= 4 is 72.8 Å². The van der Waals surface area contributed by atoms with Crippen molar-refractivity contribution in [3.05, 3.63) is 92.0 Å². The maximum absolute atomic E-state index is 13.6. The quantitative estimate of drug-likeness (QED) is 0.168. The van der Waals surface area contributed by atoms with Crippen LogP contribution >= 0.6 is 44.1 Å². The summed E-state index contributed by atoms with van der Waals surface area (Å²) < 4.78 is 17.3. The number of methoxy groups -OCH3 is 2. The Bertz CT molecular complexity index is 1500. The summed E-state index contributed by atoms with van der Waals surface area (Å²) in [6, 6.07) is 19.8. The second kappa shape index (κ2) is 12.4. The first kappa shape index (κ1) is 28.3. The molecule has 0 N–H and O–H groups in total. The van der Waals surface area contributed by atoms with Crippen molar-refractivity contribution in [2.24, 2.45) is 0 Å². The van der Waals surface area contributed by atoms with Gasteiger partial charge in [0.2, 0.25) is 0 Å². The Morgan fingerprint density at radius 3 is 2.36 bits per heavy atom. The molecule has 1 heterocycles. The molecule has 4 rings (SSSR count). The minimum Gasteiger partial charge on any atom is -0.497 e. The molecule has 11 heteroatoms. The fourth-order valence-corrected chi connectivity index (χ4v) is 5.65. The van der Waals surface area contributed by atoms with Crippen molar-refractivity contribution in [1.82, 2.24) is 4.90 Å². The van der Waals surface area contributed by atoms with Gasteiger partial charge in [-0.05, 0) is 98.2 Å². The Kier molecular flexibility index (Phi) is 9.01. The minimum absolute atomic E-state index is 0.149. The van der Waals surface area contributed by atoms with E-state index < -0.39 is 11.9 Å². The van der Waals surface area contributed by atoms with E-state index in [4.69, 9.17) is 26.4 Å². The highest BCUT2D eigenvalue weighted by molar-refractivity contribution is 9.11. The summed E-state index contributed by atoms with van der Waals surface area (Å²) >= 11 is 12.7. The molecule has 0 aliphatic carbocycles. The molecular weight excluding hydrogens is 650 g/mol. The highest BCUT2D eigenvalue weighted by Gasteiger charge is 2.40. The molecule has 1 amide bonds. The lowest BCUT2D eigenvalue weighted by Crippen LogP contribution is -2.35. The van der Waals surface area contributed by atoms with Gasteiger partial charge >= 0.3 is 5.97 Å². The van der Waals surface area contributed by atoms with Gasteiger partial charge in [-0.2, -0.15) is 5.26 Å². The number of nitrogens with zero attached hydrogens (tertiary/aromatic N) is 3. The largest absolute Gasteiger partial charge is 0.497 e. The smallest absolute Gasteiger partial charge is 0.325 e. The molecule has 0 aromatic heterocycles. The summed E-state index contributed by atoms with van der Waals surface area (Å²) in [4.78, 5) is 28.6. The summed E-state index contributed by atoms with van der Waals surface area (Å²) in [6.07, 6.45) is 1.64. The Labute approximate surface area is 247 Å². The predicted octanol–water partition coefficient (Wildman–Crippen LogP) is 5.82. The molecule has 198 valence electrons. The van der Waals surface area contributed by atoms with Crippen LogP contribution in [0.15, 0.2) is 75.3 Å². The van der Waals surface area contributed by atoms with Crippen LogP contribution in [0.4, 0.5) is 5.69 Å². The third-order valence-corrected chi connectivity index (χ3v) is 7.40. The number of halogens is 2. The topological polar surface area (TPSA) is 92.1 Å². The average molecular weight is 671 g/mol. The van der Waals surface area contributed by atoms with Crippen LogP contribution in [0.3, 0.4) is 0 Å². The van der Waals surface area contributed by atoms with Gasteiger partial charge in [-0.3, -0.25) is 14.5 Å². The van der Waals surface area contributed by atoms with Gasteiger partial charge < -0.3 is 19.1 Å². The third-order valence-electron chi connectivity index (χ3n) is 5.81. The molecule has 1 aliphatic rings. The van der Waals surface area contributed by atoms with Gasteiger partial charge in [0, 0.05) is 5.56 Å². The van der Waals surface area contributed by atoms with Gasteiger partial charge in [-0.15, -0.1) is 0 Å². The van der Waals surface area contributed by atoms with Crippen molar-refractivity contribution in [1.29, 1.82) is 5.26 Å². The van der Waals surface area contributed by atoms with Crippen LogP contribution in [0.25, 0.3) is 6.08 Å². The van der Waals surface area contributed by atoms with E-state index in [1.165, 1.54) is 16.9 Å². The zero-order valence-electron chi connectivity index (χ0n) is 20.8. The first-order chi connectivity index (χ1) is 18.8. The molecule has 1 saturated heterocycles. The van der Waals surface area contributed by atoms with E-state index >= 15 is 0 Å². The molecule has 3 aromatic rings. The van der Waals surface area contributed by atoms with Crippen LogP contribution in [0, 0.1) is 11.3 Å². The van der Waals surface area contributed by atoms with Crippen LogP contribution in [-0.4, -0.2) is 42.7 Å². The van der Waals surface area contributed by atoms with Gasteiger partial charge in [0.25, 0.3) is 5.91 Å². The molecule has 0 spiro atoms. The van der Waals surface area contributed by atoms with E-state index in [-0.39, 0.29) is 24.0 Å². The fourth-order valence-electron chi connectivity index (χ4n) is 3.85. The van der Waals surface area contributed by atoms with Crippen molar-refractivity contribution in [3.8, 4) is 17.6 Å². The number of hydrogen-bond donors (Lipinski definition) is 0. The summed E-state index contributed by atoms with van der Waals surface area (Å²) in [7, 11) is 2.83. The van der Waals surface area contributed by atoms with E-state index in [9.17, 15) is 14.9 Å². The van der Waals surface area contributed by atoms with E-state index in [1.54, 1.807) is 61.7 Å². The van der Waals surface area contributed by atoms with Gasteiger partial charge in [0.15, 0.2) is 5.11 Å². The fraction of sp³-hybridized carbons (Fsp3) is 0.143. The molecule has 0 bridgehead atoms. The maximum Gasteiger partial charge on any atom is 0.325 e.